The molecule has 1 amide bonds. The zero-order valence-corrected chi connectivity index (χ0v) is 18.0. The number of hydrogen-bond acceptors (Lipinski definition) is 3. The van der Waals surface area contributed by atoms with Crippen LogP contribution in [0.15, 0.2) is 42.9 Å². The number of halogens is 2. The summed E-state index contributed by atoms with van der Waals surface area (Å²) in [4.78, 5) is 20.5. The van der Waals surface area contributed by atoms with E-state index in [0.29, 0.717) is 28.0 Å². The first kappa shape index (κ1) is 20.4. The van der Waals surface area contributed by atoms with E-state index in [2.05, 4.69) is 20.4 Å². The average molecular weight is 435 g/mol. The third kappa shape index (κ3) is 3.09. The summed E-state index contributed by atoms with van der Waals surface area (Å²) in [5.41, 5.74) is 2.95. The fraction of sp³-hybridized carbons (Fsp3) is 0.292. The molecule has 0 unspecified atom stereocenters. The molecule has 5 rings (SSSR count). The van der Waals surface area contributed by atoms with Gasteiger partial charge in [0.1, 0.15) is 11.6 Å². The van der Waals surface area contributed by atoms with Crippen molar-refractivity contribution in [3.05, 3.63) is 77.1 Å². The van der Waals surface area contributed by atoms with Crippen molar-refractivity contribution in [1.29, 1.82) is 0 Å². The van der Waals surface area contributed by atoms with E-state index in [1.807, 2.05) is 13.8 Å². The smallest absolute Gasteiger partial charge is 0.253 e. The number of pyridine rings is 1. The van der Waals surface area contributed by atoms with E-state index in [4.69, 9.17) is 0 Å². The molecule has 0 aliphatic heterocycles. The molecule has 1 fully saturated rings. The molecular formula is C24H23F2N5O. The maximum absolute atomic E-state index is 14.6. The van der Waals surface area contributed by atoms with E-state index in [1.165, 1.54) is 18.2 Å². The molecule has 0 saturated heterocycles. The van der Waals surface area contributed by atoms with Crippen LogP contribution in [0.1, 0.15) is 60.0 Å². The first-order valence-electron chi connectivity index (χ1n) is 10.6. The van der Waals surface area contributed by atoms with Gasteiger partial charge in [-0.2, -0.15) is 5.10 Å². The molecule has 6 nitrogen and oxygen atoms in total. The van der Waals surface area contributed by atoms with Gasteiger partial charge in [-0.15, -0.1) is 0 Å². The molecule has 1 aliphatic carbocycles. The van der Waals surface area contributed by atoms with Crippen molar-refractivity contribution in [2.75, 3.05) is 0 Å². The Kier molecular flexibility index (Phi) is 4.62. The number of fused-ring (bicyclic) bond motifs is 1. The molecule has 1 aliphatic rings. The van der Waals surface area contributed by atoms with Gasteiger partial charge in [-0.25, -0.2) is 18.3 Å². The molecule has 164 valence electrons. The van der Waals surface area contributed by atoms with Crippen molar-refractivity contribution in [3.63, 3.8) is 0 Å². The van der Waals surface area contributed by atoms with Crippen LogP contribution in [0.3, 0.4) is 0 Å². The lowest BCUT2D eigenvalue weighted by molar-refractivity contribution is 0.0927. The van der Waals surface area contributed by atoms with Gasteiger partial charge in [0.05, 0.1) is 51.8 Å². The number of aromatic amines is 1. The number of rotatable bonds is 5. The molecule has 3 heterocycles. The lowest BCUT2D eigenvalue weighted by Gasteiger charge is -2.19. The third-order valence-corrected chi connectivity index (χ3v) is 6.13. The summed E-state index contributed by atoms with van der Waals surface area (Å²) in [6.45, 7) is 5.65. The Morgan fingerprint density at radius 1 is 1.16 bits per heavy atom. The Hall–Kier alpha value is -3.55. The topological polar surface area (TPSA) is 75.1 Å². The van der Waals surface area contributed by atoms with Crippen LogP contribution < -0.4 is 5.32 Å². The summed E-state index contributed by atoms with van der Waals surface area (Å²) in [6.07, 6.45) is 4.99. The molecule has 0 atom stereocenters. The lowest BCUT2D eigenvalue weighted by Crippen LogP contribution is -2.36. The van der Waals surface area contributed by atoms with Crippen LogP contribution in [-0.2, 0) is 5.54 Å². The number of amides is 1. The highest BCUT2D eigenvalue weighted by atomic mass is 19.1. The Morgan fingerprint density at radius 3 is 2.47 bits per heavy atom. The highest BCUT2D eigenvalue weighted by Crippen LogP contribution is 2.45. The van der Waals surface area contributed by atoms with Crippen LogP contribution in [0.5, 0.6) is 0 Å². The number of aromatic nitrogens is 4. The van der Waals surface area contributed by atoms with E-state index >= 15 is 0 Å². The van der Waals surface area contributed by atoms with Crippen LogP contribution in [0, 0.1) is 18.6 Å². The molecule has 1 aromatic carbocycles. The number of nitrogens with one attached hydrogen (secondary N) is 2. The first-order valence-corrected chi connectivity index (χ1v) is 10.6. The maximum atomic E-state index is 14.6. The number of H-pyrrole nitrogens is 1. The number of hydrogen-bond donors (Lipinski definition) is 2. The van der Waals surface area contributed by atoms with Crippen molar-refractivity contribution in [1.82, 2.24) is 24.9 Å². The normalized spacial score (nSPS) is 14.8. The standard InChI is InChI=1S/C24H23F2N5O/c1-13(2)22-15(23(32)29-24(9-10-24)19-11-27-12-28-19)7-8-18-20(14(3)30-31(18)22)21-16(25)5-4-6-17(21)26/h4-8,11-13H,9-10H2,1-3H3,(H,27,28)(H,29,32). The minimum atomic E-state index is -0.647. The monoisotopic (exact) mass is 435 g/mol. The predicted molar refractivity (Wildman–Crippen MR) is 116 cm³/mol. The molecule has 0 radical (unpaired) electrons. The van der Waals surface area contributed by atoms with Crippen LogP contribution in [0.2, 0.25) is 0 Å². The maximum Gasteiger partial charge on any atom is 0.253 e. The second-order valence-corrected chi connectivity index (χ2v) is 8.64. The highest BCUT2D eigenvalue weighted by Gasteiger charge is 2.47. The molecule has 4 aromatic rings. The second-order valence-electron chi connectivity index (χ2n) is 8.64. The molecule has 2 N–H and O–H groups in total. The Bertz CT molecular complexity index is 1320. The summed E-state index contributed by atoms with van der Waals surface area (Å²) < 4.78 is 30.8. The van der Waals surface area contributed by atoms with E-state index in [1.54, 1.807) is 36.1 Å². The molecule has 0 bridgehead atoms. The molecule has 8 heteroatoms. The van der Waals surface area contributed by atoms with Gasteiger partial charge in [-0.3, -0.25) is 4.79 Å². The van der Waals surface area contributed by atoms with Gasteiger partial charge in [0.2, 0.25) is 0 Å². The molecule has 1 saturated carbocycles. The van der Waals surface area contributed by atoms with Crippen LogP contribution in [-0.4, -0.2) is 25.5 Å². The second kappa shape index (κ2) is 7.25. The van der Waals surface area contributed by atoms with Gasteiger partial charge in [-0.05, 0) is 49.9 Å². The predicted octanol–water partition coefficient (Wildman–Crippen LogP) is 4.85. The third-order valence-electron chi connectivity index (χ3n) is 6.13. The van der Waals surface area contributed by atoms with E-state index in [-0.39, 0.29) is 17.4 Å². The number of nitrogens with zero attached hydrogens (tertiary/aromatic N) is 3. The fourth-order valence-electron chi connectivity index (χ4n) is 4.43. The molecule has 3 aromatic heterocycles. The minimum absolute atomic E-state index is 0.0561. The SMILES string of the molecule is Cc1nn2c(C(C)C)c(C(=O)NC3(c4cnc[nH]4)CC3)ccc2c1-c1c(F)cccc1F. The number of aryl methyl sites for hydroxylation is 1. The van der Waals surface area contributed by atoms with Crippen molar-refractivity contribution in [2.45, 2.75) is 45.1 Å². The molecular weight excluding hydrogens is 412 g/mol. The van der Waals surface area contributed by atoms with Gasteiger partial charge in [0, 0.05) is 5.56 Å². The summed E-state index contributed by atoms with van der Waals surface area (Å²) in [6, 6.07) is 7.23. The van der Waals surface area contributed by atoms with Crippen LogP contribution in [0.4, 0.5) is 8.78 Å². The van der Waals surface area contributed by atoms with E-state index in [9.17, 15) is 13.6 Å². The van der Waals surface area contributed by atoms with Crippen molar-refractivity contribution in [3.8, 4) is 11.1 Å². The van der Waals surface area contributed by atoms with Crippen molar-refractivity contribution >= 4 is 11.4 Å². The van der Waals surface area contributed by atoms with E-state index in [0.717, 1.165) is 18.5 Å². The van der Waals surface area contributed by atoms with Gasteiger partial charge in [0.15, 0.2) is 0 Å². The number of carbonyl (C=O) groups excluding carboxylic acids is 1. The quantitative estimate of drug-likeness (QED) is 0.470. The molecule has 32 heavy (non-hydrogen) atoms. The highest BCUT2D eigenvalue weighted by molar-refractivity contribution is 5.97. The van der Waals surface area contributed by atoms with Crippen molar-refractivity contribution in [2.24, 2.45) is 0 Å². The largest absolute Gasteiger partial charge is 0.347 e. The number of imidazole rings is 1. The summed E-state index contributed by atoms with van der Waals surface area (Å²) >= 11 is 0. The number of carbonyl (C=O) groups is 1. The molecule has 0 spiro atoms. The Labute approximate surface area is 183 Å². The minimum Gasteiger partial charge on any atom is -0.347 e. The Morgan fingerprint density at radius 2 is 1.88 bits per heavy atom. The van der Waals surface area contributed by atoms with Gasteiger partial charge >= 0.3 is 0 Å². The average Bonchev–Trinajstić information content (AvgIpc) is 3.17. The lowest BCUT2D eigenvalue weighted by atomic mass is 9.99. The van der Waals surface area contributed by atoms with Gasteiger partial charge in [-0.1, -0.05) is 19.9 Å². The van der Waals surface area contributed by atoms with Crippen LogP contribution in [0.25, 0.3) is 16.6 Å². The summed E-state index contributed by atoms with van der Waals surface area (Å²) in [5, 5.41) is 7.73. The number of benzene rings is 1. The summed E-state index contributed by atoms with van der Waals surface area (Å²) in [7, 11) is 0. The van der Waals surface area contributed by atoms with Crippen LogP contribution >= 0.6 is 0 Å². The first-order chi connectivity index (χ1) is 15.3. The van der Waals surface area contributed by atoms with Crippen molar-refractivity contribution < 1.29 is 13.6 Å². The zero-order chi connectivity index (χ0) is 22.6. The van der Waals surface area contributed by atoms with Gasteiger partial charge < -0.3 is 10.3 Å². The fourth-order valence-corrected chi connectivity index (χ4v) is 4.43. The zero-order valence-electron chi connectivity index (χ0n) is 18.0. The summed E-state index contributed by atoms with van der Waals surface area (Å²) in [5.74, 6) is -1.56. The van der Waals surface area contributed by atoms with E-state index < -0.39 is 17.2 Å². The Balaban J connectivity index is 1.63. The van der Waals surface area contributed by atoms with Gasteiger partial charge in [0.25, 0.3) is 5.91 Å².